The number of aryl methyl sites for hydroxylation is 2. The van der Waals surface area contributed by atoms with E-state index in [0.717, 1.165) is 22.4 Å². The van der Waals surface area contributed by atoms with E-state index in [1.807, 2.05) is 20.0 Å². The lowest BCUT2D eigenvalue weighted by atomic mass is 10.1. The molecule has 0 aromatic carbocycles. The molecule has 0 unspecified atom stereocenters. The van der Waals surface area contributed by atoms with Crippen molar-refractivity contribution in [2.24, 2.45) is 7.05 Å². The van der Waals surface area contributed by atoms with Gasteiger partial charge in [-0.05, 0) is 13.0 Å². The van der Waals surface area contributed by atoms with Crippen LogP contribution in [0.5, 0.6) is 0 Å². The van der Waals surface area contributed by atoms with Crippen LogP contribution in [-0.2, 0) is 16.5 Å². The molecular formula is C13H18N4O2. The fraction of sp³-hybridized carbons (Fsp3) is 0.538. The maximum Gasteiger partial charge on any atom is 0.159 e. The van der Waals surface area contributed by atoms with Crippen LogP contribution in [0.2, 0.25) is 0 Å². The Morgan fingerprint density at radius 3 is 3.11 bits per heavy atom. The first-order valence-electron chi connectivity index (χ1n) is 6.36. The van der Waals surface area contributed by atoms with Crippen molar-refractivity contribution in [3.8, 4) is 0 Å². The second-order valence-electron chi connectivity index (χ2n) is 4.83. The van der Waals surface area contributed by atoms with Gasteiger partial charge in [-0.3, -0.25) is 4.68 Å². The summed E-state index contributed by atoms with van der Waals surface area (Å²) in [5, 5.41) is 8.97. The first-order chi connectivity index (χ1) is 9.20. The summed E-state index contributed by atoms with van der Waals surface area (Å²) in [6, 6.07) is 2.14. The van der Waals surface area contributed by atoms with E-state index >= 15 is 0 Å². The number of pyridine rings is 1. The maximum absolute atomic E-state index is 5.46. The molecule has 6 nitrogen and oxygen atoms in total. The van der Waals surface area contributed by atoms with Crippen molar-refractivity contribution in [1.29, 1.82) is 0 Å². The average molecular weight is 262 g/mol. The van der Waals surface area contributed by atoms with Gasteiger partial charge >= 0.3 is 0 Å². The Morgan fingerprint density at radius 1 is 1.47 bits per heavy atom. The molecule has 3 heterocycles. The molecule has 0 radical (unpaired) electrons. The molecule has 1 N–H and O–H groups in total. The molecule has 2 aromatic heterocycles. The average Bonchev–Trinajstić information content (AvgIpc) is 2.96. The molecule has 0 spiro atoms. The number of hydrogen-bond donors (Lipinski definition) is 1. The molecule has 3 rings (SSSR count). The highest BCUT2D eigenvalue weighted by Crippen LogP contribution is 2.26. The predicted octanol–water partition coefficient (Wildman–Crippen LogP) is 1.10. The third-order valence-electron chi connectivity index (χ3n) is 3.57. The van der Waals surface area contributed by atoms with Crippen molar-refractivity contribution in [3.05, 3.63) is 18.0 Å². The van der Waals surface area contributed by atoms with Gasteiger partial charge < -0.3 is 14.8 Å². The standard InChI is InChI=1S/C13H18N4O2/c1-8-12-9(4-5-14-13(12)17(2)16-8)15-10-6-19-7-11(10)18-3/h4-5,10-11H,6-7H2,1-3H3,(H,14,15)/t10-,11-/m1/s1. The zero-order chi connectivity index (χ0) is 13.4. The van der Waals surface area contributed by atoms with Crippen LogP contribution in [0, 0.1) is 6.92 Å². The number of rotatable bonds is 3. The minimum Gasteiger partial charge on any atom is -0.377 e. The fourth-order valence-electron chi connectivity index (χ4n) is 2.60. The van der Waals surface area contributed by atoms with E-state index in [2.05, 4.69) is 15.4 Å². The Kier molecular flexibility index (Phi) is 3.12. The molecule has 1 aliphatic heterocycles. The van der Waals surface area contributed by atoms with Crippen LogP contribution in [0.15, 0.2) is 12.3 Å². The van der Waals surface area contributed by atoms with Gasteiger partial charge in [0.05, 0.1) is 30.3 Å². The van der Waals surface area contributed by atoms with Crippen molar-refractivity contribution in [2.75, 3.05) is 25.6 Å². The van der Waals surface area contributed by atoms with Gasteiger partial charge in [0.25, 0.3) is 0 Å². The van der Waals surface area contributed by atoms with Gasteiger partial charge in [0.2, 0.25) is 0 Å². The lowest BCUT2D eigenvalue weighted by molar-refractivity contribution is 0.0795. The topological polar surface area (TPSA) is 61.2 Å². The number of hydrogen-bond acceptors (Lipinski definition) is 5. The molecule has 1 aliphatic rings. The number of nitrogens with one attached hydrogen (secondary N) is 1. The largest absolute Gasteiger partial charge is 0.377 e. The first-order valence-corrected chi connectivity index (χ1v) is 6.36. The summed E-state index contributed by atoms with van der Waals surface area (Å²) in [6.07, 6.45) is 1.88. The molecule has 0 aliphatic carbocycles. The molecule has 19 heavy (non-hydrogen) atoms. The summed E-state index contributed by atoms with van der Waals surface area (Å²) in [4.78, 5) is 4.37. The van der Waals surface area contributed by atoms with E-state index in [-0.39, 0.29) is 12.1 Å². The zero-order valence-electron chi connectivity index (χ0n) is 11.4. The number of nitrogens with zero attached hydrogens (tertiary/aromatic N) is 3. The van der Waals surface area contributed by atoms with Crippen LogP contribution >= 0.6 is 0 Å². The number of aromatic nitrogens is 3. The Balaban J connectivity index is 1.97. The minimum atomic E-state index is 0.0835. The third kappa shape index (κ3) is 2.06. The second-order valence-corrected chi connectivity index (χ2v) is 4.83. The molecule has 102 valence electrons. The summed E-state index contributed by atoms with van der Waals surface area (Å²) in [6.45, 7) is 3.28. The summed E-state index contributed by atoms with van der Waals surface area (Å²) in [5.41, 5.74) is 2.89. The Morgan fingerprint density at radius 2 is 2.32 bits per heavy atom. The summed E-state index contributed by atoms with van der Waals surface area (Å²) >= 11 is 0. The summed E-state index contributed by atoms with van der Waals surface area (Å²) < 4.78 is 12.7. The number of fused-ring (bicyclic) bond motifs is 1. The SMILES string of the molecule is CO[C@@H]1COC[C@H]1Nc1ccnc2c1c(C)nn2C. The van der Waals surface area contributed by atoms with Gasteiger partial charge in [-0.25, -0.2) is 4.98 Å². The molecule has 2 aromatic rings. The minimum absolute atomic E-state index is 0.0835. The van der Waals surface area contributed by atoms with Crippen molar-refractivity contribution >= 4 is 16.7 Å². The lowest BCUT2D eigenvalue weighted by Gasteiger charge is -2.19. The van der Waals surface area contributed by atoms with Crippen molar-refractivity contribution in [1.82, 2.24) is 14.8 Å². The summed E-state index contributed by atoms with van der Waals surface area (Å²) in [5.74, 6) is 0. The van der Waals surface area contributed by atoms with Crippen molar-refractivity contribution in [2.45, 2.75) is 19.1 Å². The van der Waals surface area contributed by atoms with E-state index in [4.69, 9.17) is 9.47 Å². The van der Waals surface area contributed by atoms with E-state index in [1.165, 1.54) is 0 Å². The van der Waals surface area contributed by atoms with Gasteiger partial charge in [0.15, 0.2) is 5.65 Å². The van der Waals surface area contributed by atoms with Gasteiger partial charge in [-0.2, -0.15) is 5.10 Å². The summed E-state index contributed by atoms with van der Waals surface area (Å²) in [7, 11) is 3.62. The quantitative estimate of drug-likeness (QED) is 0.897. The highest BCUT2D eigenvalue weighted by Gasteiger charge is 2.28. The molecule has 0 bridgehead atoms. The molecular weight excluding hydrogens is 244 g/mol. The Bertz CT molecular complexity index is 596. The van der Waals surface area contributed by atoms with Gasteiger partial charge in [0, 0.05) is 26.0 Å². The van der Waals surface area contributed by atoms with Crippen LogP contribution in [0.25, 0.3) is 11.0 Å². The second kappa shape index (κ2) is 4.79. The van der Waals surface area contributed by atoms with Gasteiger partial charge in [-0.1, -0.05) is 0 Å². The van der Waals surface area contributed by atoms with Gasteiger partial charge in [0.1, 0.15) is 6.10 Å². The van der Waals surface area contributed by atoms with E-state index < -0.39 is 0 Å². The number of anilines is 1. The smallest absolute Gasteiger partial charge is 0.159 e. The molecule has 1 saturated heterocycles. The molecule has 6 heteroatoms. The highest BCUT2D eigenvalue weighted by molar-refractivity contribution is 5.91. The van der Waals surface area contributed by atoms with Crippen molar-refractivity contribution in [3.63, 3.8) is 0 Å². The normalized spacial score (nSPS) is 23.1. The predicted molar refractivity (Wildman–Crippen MR) is 72.3 cm³/mol. The monoisotopic (exact) mass is 262 g/mol. The Hall–Kier alpha value is -1.66. The fourth-order valence-corrected chi connectivity index (χ4v) is 2.60. The first kappa shape index (κ1) is 12.4. The van der Waals surface area contributed by atoms with E-state index in [9.17, 15) is 0 Å². The van der Waals surface area contributed by atoms with Crippen LogP contribution in [-0.4, -0.2) is 47.2 Å². The van der Waals surface area contributed by atoms with Gasteiger partial charge in [-0.15, -0.1) is 0 Å². The lowest BCUT2D eigenvalue weighted by Crippen LogP contribution is -2.33. The van der Waals surface area contributed by atoms with Crippen LogP contribution in [0.1, 0.15) is 5.69 Å². The van der Waals surface area contributed by atoms with E-state index in [1.54, 1.807) is 18.0 Å². The number of methoxy groups -OCH3 is 1. The molecule has 0 amide bonds. The third-order valence-corrected chi connectivity index (χ3v) is 3.57. The van der Waals surface area contributed by atoms with Crippen LogP contribution in [0.3, 0.4) is 0 Å². The zero-order valence-corrected chi connectivity index (χ0v) is 11.4. The van der Waals surface area contributed by atoms with Crippen molar-refractivity contribution < 1.29 is 9.47 Å². The molecule has 1 fully saturated rings. The van der Waals surface area contributed by atoms with E-state index in [0.29, 0.717) is 13.2 Å². The van der Waals surface area contributed by atoms with Crippen LogP contribution in [0.4, 0.5) is 5.69 Å². The molecule has 2 atom stereocenters. The van der Waals surface area contributed by atoms with Crippen LogP contribution < -0.4 is 5.32 Å². The highest BCUT2D eigenvalue weighted by atomic mass is 16.5. The number of ether oxygens (including phenoxy) is 2. The molecule has 0 saturated carbocycles. The Labute approximate surface area is 111 Å². The maximum atomic E-state index is 5.46.